The Labute approximate surface area is 171 Å². The van der Waals surface area contributed by atoms with Crippen molar-refractivity contribution in [3.63, 3.8) is 0 Å². The van der Waals surface area contributed by atoms with E-state index in [9.17, 15) is 13.2 Å². The van der Waals surface area contributed by atoms with Crippen molar-refractivity contribution >= 4 is 33.2 Å². The van der Waals surface area contributed by atoms with Crippen molar-refractivity contribution in [3.8, 4) is 5.75 Å². The van der Waals surface area contributed by atoms with Crippen LogP contribution < -0.4 is 14.4 Å². The molecule has 1 N–H and O–H groups in total. The first-order chi connectivity index (χ1) is 13.1. The number of benzene rings is 2. The van der Waals surface area contributed by atoms with Crippen LogP contribution in [0.3, 0.4) is 0 Å². The van der Waals surface area contributed by atoms with Crippen molar-refractivity contribution in [2.24, 2.45) is 0 Å². The molecule has 152 valence electrons. The number of anilines is 1. The zero-order valence-electron chi connectivity index (χ0n) is 16.4. The number of amides is 1. The summed E-state index contributed by atoms with van der Waals surface area (Å²) in [6, 6.07) is 11.6. The number of methoxy groups -OCH3 is 1. The Hall–Kier alpha value is -2.25. The highest BCUT2D eigenvalue weighted by molar-refractivity contribution is 7.92. The molecule has 0 radical (unpaired) electrons. The molecule has 0 aromatic heterocycles. The van der Waals surface area contributed by atoms with Crippen LogP contribution >= 0.6 is 11.6 Å². The van der Waals surface area contributed by atoms with E-state index in [1.54, 1.807) is 39.2 Å². The Morgan fingerprint density at radius 1 is 1.21 bits per heavy atom. The normalized spacial score (nSPS) is 12.3. The third-order valence-corrected chi connectivity index (χ3v) is 5.83. The topological polar surface area (TPSA) is 75.7 Å². The molecule has 8 heteroatoms. The zero-order chi connectivity index (χ0) is 20.9. The van der Waals surface area contributed by atoms with Crippen molar-refractivity contribution in [3.05, 3.63) is 58.6 Å². The van der Waals surface area contributed by atoms with Gasteiger partial charge in [0.15, 0.2) is 0 Å². The number of halogens is 1. The van der Waals surface area contributed by atoms with E-state index < -0.39 is 16.1 Å². The van der Waals surface area contributed by atoms with E-state index in [1.807, 2.05) is 24.3 Å². The van der Waals surface area contributed by atoms with Crippen molar-refractivity contribution in [1.82, 2.24) is 5.32 Å². The van der Waals surface area contributed by atoms with Gasteiger partial charge >= 0.3 is 0 Å². The first kappa shape index (κ1) is 22.0. The van der Waals surface area contributed by atoms with Crippen LogP contribution in [0.15, 0.2) is 42.5 Å². The fourth-order valence-corrected chi connectivity index (χ4v) is 4.26. The van der Waals surface area contributed by atoms with E-state index in [2.05, 4.69) is 5.32 Å². The SMILES string of the molecule is COc1ccc(CCNC(=O)[C@H](C)N(c2cc(Cl)ccc2C)S(C)(=O)=O)cc1. The van der Waals surface area contributed by atoms with Crippen LogP contribution in [0.1, 0.15) is 18.1 Å². The van der Waals surface area contributed by atoms with Crippen LogP contribution in [-0.4, -0.2) is 40.3 Å². The van der Waals surface area contributed by atoms with Crippen LogP contribution in [0.25, 0.3) is 0 Å². The van der Waals surface area contributed by atoms with Gasteiger partial charge in [0, 0.05) is 11.6 Å². The largest absolute Gasteiger partial charge is 0.497 e. The average molecular weight is 425 g/mol. The first-order valence-corrected chi connectivity index (χ1v) is 11.0. The highest BCUT2D eigenvalue weighted by Gasteiger charge is 2.30. The molecule has 2 aromatic rings. The molecule has 0 aliphatic heterocycles. The molecule has 1 amide bonds. The number of rotatable bonds is 8. The maximum Gasteiger partial charge on any atom is 0.243 e. The fraction of sp³-hybridized carbons (Fsp3) is 0.350. The van der Waals surface area contributed by atoms with Gasteiger partial charge in [-0.15, -0.1) is 0 Å². The molecule has 0 aliphatic rings. The molecule has 0 saturated heterocycles. The van der Waals surface area contributed by atoms with Crippen molar-refractivity contribution in [2.75, 3.05) is 24.2 Å². The zero-order valence-corrected chi connectivity index (χ0v) is 18.0. The third-order valence-electron chi connectivity index (χ3n) is 4.37. The van der Waals surface area contributed by atoms with Gasteiger partial charge < -0.3 is 10.1 Å². The van der Waals surface area contributed by atoms with Crippen molar-refractivity contribution in [2.45, 2.75) is 26.3 Å². The molecule has 1 atom stereocenters. The number of hydrogen-bond donors (Lipinski definition) is 1. The van der Waals surface area contributed by atoms with Gasteiger partial charge in [-0.3, -0.25) is 9.10 Å². The summed E-state index contributed by atoms with van der Waals surface area (Å²) in [5.41, 5.74) is 2.15. The number of carbonyl (C=O) groups is 1. The van der Waals surface area contributed by atoms with E-state index in [-0.39, 0.29) is 5.91 Å². The second kappa shape index (κ2) is 9.30. The Morgan fingerprint density at radius 3 is 2.43 bits per heavy atom. The maximum atomic E-state index is 12.6. The molecule has 0 aliphatic carbocycles. The summed E-state index contributed by atoms with van der Waals surface area (Å²) in [6.45, 7) is 3.73. The Balaban J connectivity index is 2.10. The lowest BCUT2D eigenvalue weighted by Crippen LogP contribution is -2.48. The lowest BCUT2D eigenvalue weighted by Gasteiger charge is -2.29. The molecule has 0 saturated carbocycles. The fourth-order valence-electron chi connectivity index (χ4n) is 2.87. The number of carbonyl (C=O) groups excluding carboxylic acids is 1. The molecule has 6 nitrogen and oxygen atoms in total. The van der Waals surface area contributed by atoms with Crippen molar-refractivity contribution in [1.29, 1.82) is 0 Å². The smallest absolute Gasteiger partial charge is 0.243 e. The van der Waals surface area contributed by atoms with E-state index in [0.29, 0.717) is 29.2 Å². The first-order valence-electron chi connectivity index (χ1n) is 8.79. The Bertz CT molecular complexity index is 930. The van der Waals surface area contributed by atoms with Gasteiger partial charge in [-0.2, -0.15) is 0 Å². The minimum atomic E-state index is -3.69. The predicted octanol–water partition coefficient (Wildman–Crippen LogP) is 3.17. The van der Waals surface area contributed by atoms with Gasteiger partial charge in [0.05, 0.1) is 19.1 Å². The molecular weight excluding hydrogens is 400 g/mol. The minimum absolute atomic E-state index is 0.377. The minimum Gasteiger partial charge on any atom is -0.497 e. The molecular formula is C20H25ClN2O4S. The second-order valence-electron chi connectivity index (χ2n) is 6.55. The number of aryl methyl sites for hydroxylation is 1. The Morgan fingerprint density at radius 2 is 1.86 bits per heavy atom. The van der Waals surface area contributed by atoms with Crippen molar-refractivity contribution < 1.29 is 17.9 Å². The van der Waals surface area contributed by atoms with Crippen LogP contribution in [0.4, 0.5) is 5.69 Å². The molecule has 2 rings (SSSR count). The Kier molecular flexibility index (Phi) is 7.32. The molecule has 28 heavy (non-hydrogen) atoms. The molecule has 2 aromatic carbocycles. The highest BCUT2D eigenvalue weighted by atomic mass is 35.5. The van der Waals surface area contributed by atoms with Gasteiger partial charge in [-0.1, -0.05) is 29.8 Å². The van der Waals surface area contributed by atoms with Gasteiger partial charge in [-0.25, -0.2) is 8.42 Å². The number of ether oxygens (including phenoxy) is 1. The average Bonchev–Trinajstić information content (AvgIpc) is 2.64. The number of sulfonamides is 1. The van der Waals surface area contributed by atoms with Gasteiger partial charge in [0.2, 0.25) is 15.9 Å². The summed E-state index contributed by atoms with van der Waals surface area (Å²) in [5, 5.41) is 3.21. The number of nitrogens with zero attached hydrogens (tertiary/aromatic N) is 1. The molecule has 0 unspecified atom stereocenters. The second-order valence-corrected chi connectivity index (χ2v) is 8.85. The van der Waals surface area contributed by atoms with Crippen LogP contribution in [-0.2, 0) is 21.2 Å². The lowest BCUT2D eigenvalue weighted by molar-refractivity contribution is -0.121. The monoisotopic (exact) mass is 424 g/mol. The van der Waals surface area contributed by atoms with Crippen LogP contribution in [0, 0.1) is 6.92 Å². The number of hydrogen-bond acceptors (Lipinski definition) is 4. The maximum absolute atomic E-state index is 12.6. The summed E-state index contributed by atoms with van der Waals surface area (Å²) >= 11 is 6.04. The molecule has 0 bridgehead atoms. The summed E-state index contributed by atoms with van der Waals surface area (Å²) in [7, 11) is -2.08. The molecule has 0 fully saturated rings. The summed E-state index contributed by atoms with van der Waals surface area (Å²) in [5.74, 6) is 0.389. The quantitative estimate of drug-likeness (QED) is 0.706. The van der Waals surface area contributed by atoms with E-state index in [1.165, 1.54) is 0 Å². The molecule has 0 heterocycles. The van der Waals surface area contributed by atoms with Crippen LogP contribution in [0.5, 0.6) is 5.75 Å². The summed E-state index contributed by atoms with van der Waals surface area (Å²) < 4.78 is 31.0. The molecule has 0 spiro atoms. The highest BCUT2D eigenvalue weighted by Crippen LogP contribution is 2.28. The number of nitrogens with one attached hydrogen (secondary N) is 1. The standard InChI is InChI=1S/C20H25ClN2O4S/c1-14-5-8-17(21)13-19(14)23(28(4,25)26)15(2)20(24)22-12-11-16-6-9-18(27-3)10-7-16/h5-10,13,15H,11-12H2,1-4H3,(H,22,24)/t15-/m0/s1. The van der Waals surface area contributed by atoms with Gasteiger partial charge in [0.25, 0.3) is 0 Å². The third kappa shape index (κ3) is 5.62. The van der Waals surface area contributed by atoms with Gasteiger partial charge in [-0.05, 0) is 55.7 Å². The van der Waals surface area contributed by atoms with E-state index in [4.69, 9.17) is 16.3 Å². The summed E-state index contributed by atoms with van der Waals surface area (Å²) in [6.07, 6.45) is 1.70. The predicted molar refractivity (Wildman–Crippen MR) is 113 cm³/mol. The lowest BCUT2D eigenvalue weighted by atomic mass is 10.1. The van der Waals surface area contributed by atoms with Crippen LogP contribution in [0.2, 0.25) is 5.02 Å². The van der Waals surface area contributed by atoms with Gasteiger partial charge in [0.1, 0.15) is 11.8 Å². The van der Waals surface area contributed by atoms with E-state index >= 15 is 0 Å². The van der Waals surface area contributed by atoms with E-state index in [0.717, 1.165) is 21.9 Å². The summed E-state index contributed by atoms with van der Waals surface area (Å²) in [4.78, 5) is 12.6.